The minimum absolute atomic E-state index is 0. The van der Waals surface area contributed by atoms with Gasteiger partial charge in [-0.15, -0.1) is 17.5 Å². The fraction of sp³-hybridized carbons (Fsp3) is 0.471. The van der Waals surface area contributed by atoms with E-state index in [1.165, 1.54) is 24.4 Å². The third-order valence-corrected chi connectivity index (χ3v) is 3.91. The Balaban J connectivity index is 0.00000364. The van der Waals surface area contributed by atoms with Gasteiger partial charge in [-0.2, -0.15) is 13.2 Å². The number of alkyl halides is 3. The molecule has 1 atom stereocenters. The zero-order valence-corrected chi connectivity index (χ0v) is 16.1. The molecular formula is C17H23ClF3N5O. The van der Waals surface area contributed by atoms with Crippen molar-refractivity contribution in [2.75, 3.05) is 6.54 Å². The molecule has 0 radical (unpaired) electrons. The van der Waals surface area contributed by atoms with Crippen molar-refractivity contribution >= 4 is 18.3 Å². The number of carbonyl (C=O) groups is 1. The lowest BCUT2D eigenvalue weighted by Gasteiger charge is -2.30. The SMILES string of the molecule is CC(C)CC(C)(CN)NC(=O)c1cn(-c2ccccc2C(F)(F)F)nn1.Cl. The summed E-state index contributed by atoms with van der Waals surface area (Å²) in [5.41, 5.74) is 3.99. The van der Waals surface area contributed by atoms with Gasteiger partial charge in [-0.3, -0.25) is 4.79 Å². The second kappa shape index (κ2) is 8.71. The molecule has 0 aliphatic rings. The summed E-state index contributed by atoms with van der Waals surface area (Å²) in [6.45, 7) is 6.05. The van der Waals surface area contributed by atoms with Crippen LogP contribution in [0.3, 0.4) is 0 Å². The van der Waals surface area contributed by atoms with E-state index in [-0.39, 0.29) is 30.3 Å². The smallest absolute Gasteiger partial charge is 0.344 e. The number of hydrogen-bond donors (Lipinski definition) is 2. The number of benzene rings is 1. The number of carbonyl (C=O) groups excluding carboxylic acids is 1. The summed E-state index contributed by atoms with van der Waals surface area (Å²) in [5.74, 6) is -0.229. The second-order valence-electron chi connectivity index (χ2n) is 6.88. The summed E-state index contributed by atoms with van der Waals surface area (Å²) < 4.78 is 40.3. The summed E-state index contributed by atoms with van der Waals surface area (Å²) in [5, 5.41) is 10.2. The molecule has 10 heteroatoms. The zero-order valence-electron chi connectivity index (χ0n) is 15.2. The van der Waals surface area contributed by atoms with E-state index in [2.05, 4.69) is 15.6 Å². The minimum atomic E-state index is -4.54. The highest BCUT2D eigenvalue weighted by atomic mass is 35.5. The molecule has 1 amide bonds. The Hall–Kier alpha value is -2.13. The van der Waals surface area contributed by atoms with Gasteiger partial charge in [0.2, 0.25) is 0 Å². The number of para-hydroxylation sites is 1. The normalized spacial score (nSPS) is 13.8. The first-order chi connectivity index (χ1) is 12.1. The fourth-order valence-electron chi connectivity index (χ4n) is 2.82. The molecule has 1 aromatic heterocycles. The van der Waals surface area contributed by atoms with Gasteiger partial charge in [0.05, 0.1) is 23.0 Å². The highest BCUT2D eigenvalue weighted by Gasteiger charge is 2.34. The van der Waals surface area contributed by atoms with Gasteiger partial charge >= 0.3 is 6.18 Å². The van der Waals surface area contributed by atoms with Gasteiger partial charge in [0.1, 0.15) is 0 Å². The topological polar surface area (TPSA) is 85.8 Å². The first-order valence-electron chi connectivity index (χ1n) is 8.17. The molecule has 2 rings (SSSR count). The number of nitrogens with two attached hydrogens (primary N) is 1. The fourth-order valence-corrected chi connectivity index (χ4v) is 2.82. The van der Waals surface area contributed by atoms with Crippen LogP contribution in [0.1, 0.15) is 43.2 Å². The van der Waals surface area contributed by atoms with Crippen molar-refractivity contribution in [1.82, 2.24) is 20.3 Å². The monoisotopic (exact) mass is 405 g/mol. The molecule has 0 fully saturated rings. The van der Waals surface area contributed by atoms with Crippen LogP contribution in [0, 0.1) is 5.92 Å². The van der Waals surface area contributed by atoms with Crippen molar-refractivity contribution in [2.45, 2.75) is 38.9 Å². The minimum Gasteiger partial charge on any atom is -0.344 e. The number of hydrogen-bond acceptors (Lipinski definition) is 4. The number of rotatable bonds is 6. The van der Waals surface area contributed by atoms with Gasteiger partial charge in [0.25, 0.3) is 5.91 Å². The van der Waals surface area contributed by atoms with E-state index in [4.69, 9.17) is 5.73 Å². The molecule has 150 valence electrons. The largest absolute Gasteiger partial charge is 0.418 e. The molecule has 2 aromatic rings. The predicted molar refractivity (Wildman–Crippen MR) is 98.0 cm³/mol. The maximum Gasteiger partial charge on any atom is 0.418 e. The summed E-state index contributed by atoms with van der Waals surface area (Å²) >= 11 is 0. The standard InChI is InChI=1S/C17H22F3N5O.ClH/c1-11(2)8-16(3,10-21)22-15(26)13-9-25(24-23-13)14-7-5-4-6-12(14)17(18,19)20;/h4-7,9,11H,8,10,21H2,1-3H3,(H,22,26);1H. The molecule has 0 saturated carbocycles. The van der Waals surface area contributed by atoms with Gasteiger partial charge in [0.15, 0.2) is 5.69 Å². The molecule has 3 N–H and O–H groups in total. The average molecular weight is 406 g/mol. The van der Waals surface area contributed by atoms with Crippen LogP contribution in [0.15, 0.2) is 30.5 Å². The number of aromatic nitrogens is 3. The first-order valence-corrected chi connectivity index (χ1v) is 8.17. The lowest BCUT2D eigenvalue weighted by Crippen LogP contribution is -2.52. The van der Waals surface area contributed by atoms with Crippen molar-refractivity contribution < 1.29 is 18.0 Å². The van der Waals surface area contributed by atoms with Gasteiger partial charge in [-0.25, -0.2) is 4.68 Å². The van der Waals surface area contributed by atoms with Crippen molar-refractivity contribution in [2.24, 2.45) is 11.7 Å². The first kappa shape index (κ1) is 22.9. The maximum absolute atomic E-state index is 13.1. The van der Waals surface area contributed by atoms with Gasteiger partial charge in [-0.1, -0.05) is 31.2 Å². The zero-order chi connectivity index (χ0) is 19.5. The summed E-state index contributed by atoms with van der Waals surface area (Å²) in [7, 11) is 0. The molecule has 1 unspecified atom stereocenters. The van der Waals surface area contributed by atoms with Crippen molar-refractivity contribution in [3.05, 3.63) is 41.7 Å². The summed E-state index contributed by atoms with van der Waals surface area (Å²) in [4.78, 5) is 12.4. The molecule has 1 aromatic carbocycles. The molecule has 6 nitrogen and oxygen atoms in total. The molecule has 1 heterocycles. The predicted octanol–water partition coefficient (Wildman–Crippen LogP) is 3.20. The molecule has 0 saturated heterocycles. The average Bonchev–Trinajstić information content (AvgIpc) is 3.03. The van der Waals surface area contributed by atoms with E-state index < -0.39 is 23.2 Å². The van der Waals surface area contributed by atoms with E-state index in [1.807, 2.05) is 20.8 Å². The Labute approximate surface area is 161 Å². The Morgan fingerprint density at radius 3 is 2.48 bits per heavy atom. The van der Waals surface area contributed by atoms with E-state index in [0.29, 0.717) is 12.3 Å². The number of nitrogens with zero attached hydrogens (tertiary/aromatic N) is 3. The number of amides is 1. The highest BCUT2D eigenvalue weighted by molar-refractivity contribution is 5.92. The Bertz CT molecular complexity index is 778. The maximum atomic E-state index is 13.1. The quantitative estimate of drug-likeness (QED) is 0.772. The van der Waals surface area contributed by atoms with Crippen LogP contribution in [0.25, 0.3) is 5.69 Å². The second-order valence-corrected chi connectivity index (χ2v) is 6.88. The molecule has 0 aliphatic carbocycles. The van der Waals surface area contributed by atoms with Crippen LogP contribution in [-0.2, 0) is 6.18 Å². The molecular weight excluding hydrogens is 383 g/mol. The Morgan fingerprint density at radius 2 is 1.93 bits per heavy atom. The van der Waals surface area contributed by atoms with E-state index in [1.54, 1.807) is 0 Å². The highest BCUT2D eigenvalue weighted by Crippen LogP contribution is 2.33. The molecule has 0 spiro atoms. The van der Waals surface area contributed by atoms with E-state index in [0.717, 1.165) is 10.7 Å². The van der Waals surface area contributed by atoms with Crippen LogP contribution in [0.2, 0.25) is 0 Å². The van der Waals surface area contributed by atoms with Crippen LogP contribution >= 0.6 is 12.4 Å². The van der Waals surface area contributed by atoms with Crippen molar-refractivity contribution in [1.29, 1.82) is 0 Å². The Morgan fingerprint density at radius 1 is 1.30 bits per heavy atom. The van der Waals surface area contributed by atoms with Crippen LogP contribution in [0.4, 0.5) is 13.2 Å². The van der Waals surface area contributed by atoms with Gasteiger partial charge < -0.3 is 11.1 Å². The van der Waals surface area contributed by atoms with Crippen LogP contribution < -0.4 is 11.1 Å². The summed E-state index contributed by atoms with van der Waals surface area (Å²) in [6.07, 6.45) is -2.72. The van der Waals surface area contributed by atoms with Crippen LogP contribution in [-0.4, -0.2) is 33.0 Å². The third kappa shape index (κ3) is 5.67. The number of halogens is 4. The molecule has 0 bridgehead atoms. The Kier molecular flexibility index (Phi) is 7.39. The van der Waals surface area contributed by atoms with Crippen molar-refractivity contribution in [3.63, 3.8) is 0 Å². The lowest BCUT2D eigenvalue weighted by molar-refractivity contribution is -0.137. The lowest BCUT2D eigenvalue weighted by atomic mass is 9.90. The van der Waals surface area contributed by atoms with Gasteiger partial charge in [-0.05, 0) is 31.4 Å². The summed E-state index contributed by atoms with van der Waals surface area (Å²) in [6, 6.07) is 4.96. The molecule has 0 aliphatic heterocycles. The third-order valence-electron chi connectivity index (χ3n) is 3.91. The van der Waals surface area contributed by atoms with E-state index in [9.17, 15) is 18.0 Å². The van der Waals surface area contributed by atoms with E-state index >= 15 is 0 Å². The number of nitrogens with one attached hydrogen (secondary N) is 1. The van der Waals surface area contributed by atoms with Crippen LogP contribution in [0.5, 0.6) is 0 Å². The molecule has 27 heavy (non-hydrogen) atoms. The van der Waals surface area contributed by atoms with Gasteiger partial charge in [0, 0.05) is 6.54 Å². The van der Waals surface area contributed by atoms with Crippen molar-refractivity contribution in [3.8, 4) is 5.69 Å².